The van der Waals surface area contributed by atoms with E-state index < -0.39 is 76.9 Å². The molecule has 0 spiro atoms. The Morgan fingerprint density at radius 1 is 0.872 bits per heavy atom. The average Bonchev–Trinajstić information content (AvgIpc) is 3.49. The summed E-state index contributed by atoms with van der Waals surface area (Å²) in [4.78, 5) is 32.9. The zero-order chi connectivity index (χ0) is 34.1. The number of carboxylic acids is 1. The average molecular weight is 664 g/mol. The minimum Gasteiger partial charge on any atom is -0.480 e. The van der Waals surface area contributed by atoms with Gasteiger partial charge in [0.25, 0.3) is 5.91 Å². The fourth-order valence-electron chi connectivity index (χ4n) is 4.95. The predicted molar refractivity (Wildman–Crippen MR) is 151 cm³/mol. The molecule has 3 N–H and O–H groups in total. The summed E-state index contributed by atoms with van der Waals surface area (Å²) in [6.45, 7) is 0. The Kier molecular flexibility index (Phi) is 8.87. The van der Waals surface area contributed by atoms with Gasteiger partial charge in [0.2, 0.25) is 0 Å². The molecule has 0 saturated heterocycles. The third kappa shape index (κ3) is 7.00. The van der Waals surface area contributed by atoms with E-state index in [0.717, 1.165) is 30.5 Å². The Balaban J connectivity index is 1.40. The number of alkyl halides is 6. The first-order valence-corrected chi connectivity index (χ1v) is 13.5. The number of fused-ring (bicyclic) bond motifs is 1. The minimum atomic E-state index is -4.86. The van der Waals surface area contributed by atoms with Crippen LogP contribution < -0.4 is 10.6 Å². The first-order valence-electron chi connectivity index (χ1n) is 13.5. The highest BCUT2D eigenvalue weighted by atomic mass is 19.4. The number of hydrogen-bond donors (Lipinski definition) is 3. The number of halogens is 8. The van der Waals surface area contributed by atoms with Crippen molar-refractivity contribution >= 4 is 23.2 Å². The van der Waals surface area contributed by atoms with Crippen molar-refractivity contribution in [2.75, 3.05) is 5.32 Å². The number of benzene rings is 2. The topological polar surface area (TPSA) is 109 Å². The van der Waals surface area contributed by atoms with Gasteiger partial charge in [0, 0.05) is 42.0 Å². The second-order valence-electron chi connectivity index (χ2n) is 10.2. The molecule has 1 amide bonds. The van der Waals surface area contributed by atoms with E-state index in [0.29, 0.717) is 12.1 Å². The van der Waals surface area contributed by atoms with Crippen molar-refractivity contribution < 1.29 is 49.8 Å². The Labute approximate surface area is 259 Å². The Bertz CT molecular complexity index is 1920. The van der Waals surface area contributed by atoms with Gasteiger partial charge in [-0.15, -0.1) is 0 Å². The normalized spacial score (nSPS) is 13.3. The molecule has 16 heteroatoms. The summed E-state index contributed by atoms with van der Waals surface area (Å²) in [5.41, 5.74) is -3.50. The van der Waals surface area contributed by atoms with Crippen LogP contribution in [0.5, 0.6) is 0 Å². The lowest BCUT2D eigenvalue weighted by Crippen LogP contribution is -2.43. The molecule has 5 aromatic rings. The van der Waals surface area contributed by atoms with Gasteiger partial charge in [-0.2, -0.15) is 26.3 Å². The highest BCUT2D eigenvalue weighted by Gasteiger charge is 2.41. The standard InChI is InChI=1S/C31H21F8N5O3/c32-21-13-17(42-26(31(37,38)39)16-5-2-1-3-6-16)14-22(33)24(21)28(45)43-23(29(46)47)15-18-8-9-19(27-41-11-12-44(18)27)25-20(30(34,35)36)7-4-10-40-25/h1-14,23,26,42H,15H2,(H,43,45)(H,46,47)/t23-,26+/m0/s1. The SMILES string of the molecule is O=C(N[C@@H](Cc1ccc(-c2ncccc2C(F)(F)F)c2nccn12)C(=O)O)c1c(F)cc(N[C@H](c2ccccc2)C(F)(F)F)cc1F. The monoisotopic (exact) mass is 663 g/mol. The molecule has 5 rings (SSSR count). The Morgan fingerprint density at radius 2 is 1.55 bits per heavy atom. The number of anilines is 1. The molecule has 0 unspecified atom stereocenters. The first kappa shape index (κ1) is 32.8. The molecule has 3 heterocycles. The summed E-state index contributed by atoms with van der Waals surface area (Å²) < 4.78 is 113. The fourth-order valence-corrected chi connectivity index (χ4v) is 4.95. The van der Waals surface area contributed by atoms with Crippen molar-refractivity contribution in [1.82, 2.24) is 19.7 Å². The van der Waals surface area contributed by atoms with Gasteiger partial charge in [0.05, 0.1) is 11.3 Å². The van der Waals surface area contributed by atoms with E-state index in [9.17, 15) is 41.0 Å². The molecular weight excluding hydrogens is 642 g/mol. The number of nitrogens with zero attached hydrogens (tertiary/aromatic N) is 3. The third-order valence-electron chi connectivity index (χ3n) is 7.06. The molecule has 2 aromatic carbocycles. The quantitative estimate of drug-likeness (QED) is 0.149. The number of pyridine rings is 2. The lowest BCUT2D eigenvalue weighted by molar-refractivity contribution is -0.144. The summed E-state index contributed by atoms with van der Waals surface area (Å²) >= 11 is 0. The number of rotatable bonds is 9. The molecule has 244 valence electrons. The van der Waals surface area contributed by atoms with Crippen molar-refractivity contribution in [2.45, 2.75) is 30.9 Å². The summed E-state index contributed by atoms with van der Waals surface area (Å²) in [5.74, 6) is -6.29. The third-order valence-corrected chi connectivity index (χ3v) is 7.06. The van der Waals surface area contributed by atoms with E-state index >= 15 is 8.78 Å². The molecule has 0 radical (unpaired) electrons. The van der Waals surface area contributed by atoms with Crippen molar-refractivity contribution in [1.29, 1.82) is 0 Å². The number of carbonyl (C=O) groups excluding carboxylic acids is 1. The van der Waals surface area contributed by atoms with Gasteiger partial charge in [0.15, 0.2) is 0 Å². The van der Waals surface area contributed by atoms with Crippen molar-refractivity contribution in [3.63, 3.8) is 0 Å². The molecule has 0 aliphatic heterocycles. The largest absolute Gasteiger partial charge is 0.480 e. The smallest absolute Gasteiger partial charge is 0.418 e. The molecule has 0 fully saturated rings. The van der Waals surface area contributed by atoms with Crippen LogP contribution in [0, 0.1) is 11.6 Å². The summed E-state index contributed by atoms with van der Waals surface area (Å²) in [5, 5.41) is 13.8. The number of aromatic nitrogens is 3. The predicted octanol–water partition coefficient (Wildman–Crippen LogP) is 6.83. The van der Waals surface area contributed by atoms with Gasteiger partial charge in [-0.3, -0.25) is 9.78 Å². The number of imidazole rings is 1. The van der Waals surface area contributed by atoms with E-state index in [1.54, 1.807) is 0 Å². The first-order chi connectivity index (χ1) is 22.1. The van der Waals surface area contributed by atoms with E-state index in [4.69, 9.17) is 0 Å². The van der Waals surface area contributed by atoms with Crippen LogP contribution in [-0.2, 0) is 17.4 Å². The van der Waals surface area contributed by atoms with Crippen LogP contribution in [0.25, 0.3) is 16.9 Å². The molecule has 8 nitrogen and oxygen atoms in total. The van der Waals surface area contributed by atoms with Crippen LogP contribution in [0.4, 0.5) is 40.8 Å². The van der Waals surface area contributed by atoms with E-state index in [-0.39, 0.29) is 22.5 Å². The number of aliphatic carboxylic acids is 1. The van der Waals surface area contributed by atoms with Crippen LogP contribution in [0.1, 0.15) is 33.2 Å². The van der Waals surface area contributed by atoms with Crippen molar-refractivity contribution in [3.8, 4) is 11.3 Å². The molecule has 0 bridgehead atoms. The maximum absolute atomic E-state index is 15.0. The molecule has 47 heavy (non-hydrogen) atoms. The van der Waals surface area contributed by atoms with Gasteiger partial charge in [-0.05, 0) is 42.0 Å². The van der Waals surface area contributed by atoms with Crippen LogP contribution in [0.2, 0.25) is 0 Å². The second kappa shape index (κ2) is 12.7. The van der Waals surface area contributed by atoms with Crippen LogP contribution >= 0.6 is 0 Å². The van der Waals surface area contributed by atoms with Crippen LogP contribution in [-0.4, -0.2) is 43.6 Å². The molecule has 0 aliphatic carbocycles. The summed E-state index contributed by atoms with van der Waals surface area (Å²) in [6, 6.07) is 7.75. The van der Waals surface area contributed by atoms with Gasteiger partial charge in [-0.1, -0.05) is 30.3 Å². The fraction of sp³-hybridized carbons (Fsp3) is 0.161. The lowest BCUT2D eigenvalue weighted by atomic mass is 10.0. The zero-order valence-corrected chi connectivity index (χ0v) is 23.6. The molecule has 0 saturated carbocycles. The van der Waals surface area contributed by atoms with Gasteiger partial charge < -0.3 is 20.1 Å². The lowest BCUT2D eigenvalue weighted by Gasteiger charge is -2.23. The number of carboxylic acid groups (broad SMARTS) is 1. The van der Waals surface area contributed by atoms with Crippen molar-refractivity contribution in [3.05, 3.63) is 119 Å². The summed E-state index contributed by atoms with van der Waals surface area (Å²) in [6.07, 6.45) is -6.39. The second-order valence-corrected chi connectivity index (χ2v) is 10.2. The van der Waals surface area contributed by atoms with Gasteiger partial charge in [-0.25, -0.2) is 18.6 Å². The number of nitrogens with one attached hydrogen (secondary N) is 2. The Morgan fingerprint density at radius 3 is 2.17 bits per heavy atom. The number of carbonyl (C=O) groups is 2. The Hall–Kier alpha value is -5.54. The highest BCUT2D eigenvalue weighted by molar-refractivity contribution is 5.97. The van der Waals surface area contributed by atoms with Gasteiger partial charge in [0.1, 0.15) is 34.9 Å². The maximum atomic E-state index is 15.0. The molecule has 3 aromatic heterocycles. The maximum Gasteiger partial charge on any atom is 0.418 e. The molecule has 0 aliphatic rings. The summed E-state index contributed by atoms with van der Waals surface area (Å²) in [7, 11) is 0. The van der Waals surface area contributed by atoms with Crippen LogP contribution in [0.3, 0.4) is 0 Å². The number of hydrogen-bond acceptors (Lipinski definition) is 5. The van der Waals surface area contributed by atoms with E-state index in [1.165, 1.54) is 47.1 Å². The molecular formula is C31H21F8N5O3. The number of amides is 1. The van der Waals surface area contributed by atoms with Crippen molar-refractivity contribution in [2.24, 2.45) is 0 Å². The van der Waals surface area contributed by atoms with E-state index in [1.807, 2.05) is 10.6 Å². The minimum absolute atomic E-state index is 0.0185. The van der Waals surface area contributed by atoms with Gasteiger partial charge >= 0.3 is 18.3 Å². The zero-order valence-electron chi connectivity index (χ0n) is 23.6. The molecule has 2 atom stereocenters. The van der Waals surface area contributed by atoms with E-state index in [2.05, 4.69) is 9.97 Å². The highest BCUT2D eigenvalue weighted by Crippen LogP contribution is 2.38. The van der Waals surface area contributed by atoms with Crippen LogP contribution in [0.15, 0.2) is 85.3 Å².